The summed E-state index contributed by atoms with van der Waals surface area (Å²) in [7, 11) is 0. The zero-order valence-electron chi connectivity index (χ0n) is 9.35. The lowest BCUT2D eigenvalue weighted by atomic mass is 9.99. The maximum atomic E-state index is 13.6. The van der Waals surface area contributed by atoms with E-state index in [-0.39, 0.29) is 12.0 Å². The summed E-state index contributed by atoms with van der Waals surface area (Å²) in [5.41, 5.74) is 0.565. The van der Waals surface area contributed by atoms with E-state index in [1.165, 1.54) is 13.0 Å². The van der Waals surface area contributed by atoms with Crippen LogP contribution < -0.4 is 9.47 Å². The zero-order valence-corrected chi connectivity index (χ0v) is 9.35. The molecule has 0 unspecified atom stereocenters. The van der Waals surface area contributed by atoms with Crippen LogP contribution in [0, 0.1) is 6.92 Å². The van der Waals surface area contributed by atoms with Crippen LogP contribution in [0.25, 0.3) is 0 Å². The molecule has 0 saturated carbocycles. The second-order valence-electron chi connectivity index (χ2n) is 3.87. The molecule has 0 N–H and O–H groups in total. The van der Waals surface area contributed by atoms with Gasteiger partial charge in [-0.2, -0.15) is 0 Å². The van der Waals surface area contributed by atoms with Crippen molar-refractivity contribution in [1.29, 1.82) is 0 Å². The molecule has 16 heavy (non-hydrogen) atoms. The van der Waals surface area contributed by atoms with E-state index in [2.05, 4.69) is 0 Å². The monoisotopic (exact) mass is 228 g/mol. The molecule has 4 heteroatoms. The van der Waals surface area contributed by atoms with Crippen molar-refractivity contribution in [1.82, 2.24) is 0 Å². The van der Waals surface area contributed by atoms with Crippen molar-refractivity contribution in [3.63, 3.8) is 0 Å². The molecule has 0 spiro atoms. The molecule has 1 aromatic rings. The Bertz CT molecular complexity index is 402. The van der Waals surface area contributed by atoms with Crippen LogP contribution in [0.15, 0.2) is 12.1 Å². The molecule has 1 aromatic carbocycles. The largest absolute Gasteiger partial charge is 0.486 e. The molecule has 0 saturated heterocycles. The summed E-state index contributed by atoms with van der Waals surface area (Å²) in [5, 5.41) is 0. The molecular formula is C12H14F2O2. The number of aryl methyl sites for hydroxylation is 1. The summed E-state index contributed by atoms with van der Waals surface area (Å²) in [5.74, 6) is -1.83. The number of ether oxygens (including phenoxy) is 2. The van der Waals surface area contributed by atoms with E-state index >= 15 is 0 Å². The lowest BCUT2D eigenvalue weighted by Gasteiger charge is -2.23. The Morgan fingerprint density at radius 2 is 1.75 bits per heavy atom. The minimum absolute atomic E-state index is 0.0271. The number of fused-ring (bicyclic) bond motifs is 1. The van der Waals surface area contributed by atoms with Crippen molar-refractivity contribution in [3.05, 3.63) is 23.3 Å². The Balaban J connectivity index is 2.47. The molecule has 0 bridgehead atoms. The van der Waals surface area contributed by atoms with Gasteiger partial charge >= 0.3 is 0 Å². The predicted molar refractivity (Wildman–Crippen MR) is 56.4 cm³/mol. The Kier molecular flexibility index (Phi) is 2.74. The zero-order chi connectivity index (χ0) is 11.8. The summed E-state index contributed by atoms with van der Waals surface area (Å²) in [6.07, 6.45) is -0.215. The van der Waals surface area contributed by atoms with Crippen molar-refractivity contribution in [2.45, 2.75) is 26.2 Å². The van der Waals surface area contributed by atoms with Crippen molar-refractivity contribution in [3.8, 4) is 11.5 Å². The average molecular weight is 228 g/mol. The van der Waals surface area contributed by atoms with Crippen LogP contribution in [0.2, 0.25) is 0 Å². The van der Waals surface area contributed by atoms with Gasteiger partial charge < -0.3 is 9.47 Å². The molecule has 0 radical (unpaired) electrons. The maximum Gasteiger partial charge on any atom is 0.273 e. The Hall–Kier alpha value is -1.32. The van der Waals surface area contributed by atoms with Crippen LogP contribution in [0.3, 0.4) is 0 Å². The van der Waals surface area contributed by atoms with E-state index in [4.69, 9.17) is 9.47 Å². The first-order valence-corrected chi connectivity index (χ1v) is 5.33. The Labute approximate surface area is 93.2 Å². The summed E-state index contributed by atoms with van der Waals surface area (Å²) in [6, 6.07) is 3.01. The molecule has 0 aromatic heterocycles. The van der Waals surface area contributed by atoms with E-state index < -0.39 is 5.92 Å². The highest BCUT2D eigenvalue weighted by Gasteiger charge is 2.32. The molecular weight excluding hydrogens is 214 g/mol. The second kappa shape index (κ2) is 3.92. The van der Waals surface area contributed by atoms with Gasteiger partial charge in [-0.15, -0.1) is 0 Å². The highest BCUT2D eigenvalue weighted by Crippen LogP contribution is 2.40. The van der Waals surface area contributed by atoms with Gasteiger partial charge in [-0.05, 0) is 24.6 Å². The molecule has 1 aliphatic heterocycles. The summed E-state index contributed by atoms with van der Waals surface area (Å²) in [4.78, 5) is 0. The van der Waals surface area contributed by atoms with E-state index in [0.717, 1.165) is 0 Å². The first kappa shape index (κ1) is 11.2. The van der Waals surface area contributed by atoms with Gasteiger partial charge in [-0.25, -0.2) is 8.78 Å². The summed E-state index contributed by atoms with van der Waals surface area (Å²) < 4.78 is 37.9. The number of benzene rings is 1. The van der Waals surface area contributed by atoms with Gasteiger partial charge in [0, 0.05) is 12.0 Å². The highest BCUT2D eigenvalue weighted by atomic mass is 19.3. The predicted octanol–water partition coefficient (Wildman–Crippen LogP) is 3.27. The lowest BCUT2D eigenvalue weighted by Crippen LogP contribution is -2.18. The van der Waals surface area contributed by atoms with E-state index in [1.54, 1.807) is 13.0 Å². The van der Waals surface area contributed by atoms with Gasteiger partial charge in [0.15, 0.2) is 11.5 Å². The summed E-state index contributed by atoms with van der Waals surface area (Å²) >= 11 is 0. The van der Waals surface area contributed by atoms with E-state index in [9.17, 15) is 8.78 Å². The van der Waals surface area contributed by atoms with Gasteiger partial charge in [0.25, 0.3) is 5.92 Å². The molecule has 0 amide bonds. The first-order valence-electron chi connectivity index (χ1n) is 5.33. The van der Waals surface area contributed by atoms with Crippen LogP contribution >= 0.6 is 0 Å². The normalized spacial score (nSPS) is 15.0. The lowest BCUT2D eigenvalue weighted by molar-refractivity contribution is -0.00934. The van der Waals surface area contributed by atoms with Gasteiger partial charge in [0.05, 0.1) is 0 Å². The van der Waals surface area contributed by atoms with Crippen molar-refractivity contribution in [2.75, 3.05) is 13.2 Å². The maximum absolute atomic E-state index is 13.6. The summed E-state index contributed by atoms with van der Waals surface area (Å²) in [6.45, 7) is 4.01. The minimum Gasteiger partial charge on any atom is -0.486 e. The molecule has 2 rings (SSSR count). The van der Waals surface area contributed by atoms with Crippen LogP contribution in [0.1, 0.15) is 24.5 Å². The molecule has 88 valence electrons. The third kappa shape index (κ3) is 1.84. The molecule has 1 heterocycles. The van der Waals surface area contributed by atoms with Crippen molar-refractivity contribution >= 4 is 0 Å². The third-order valence-corrected chi connectivity index (χ3v) is 2.73. The topological polar surface area (TPSA) is 18.5 Å². The number of hydrogen-bond donors (Lipinski definition) is 0. The quantitative estimate of drug-likeness (QED) is 0.773. The SMILES string of the molecule is CCC(F)(F)c1cc2c(cc1C)OCCO2. The fourth-order valence-electron chi connectivity index (χ4n) is 1.77. The molecule has 0 aliphatic carbocycles. The van der Waals surface area contributed by atoms with E-state index in [1.807, 2.05) is 0 Å². The fraction of sp³-hybridized carbons (Fsp3) is 0.500. The van der Waals surface area contributed by atoms with E-state index in [0.29, 0.717) is 30.3 Å². The van der Waals surface area contributed by atoms with Crippen molar-refractivity contribution < 1.29 is 18.3 Å². The van der Waals surface area contributed by atoms with Gasteiger partial charge in [0.1, 0.15) is 13.2 Å². The average Bonchev–Trinajstić information content (AvgIpc) is 2.28. The standard InChI is InChI=1S/C12H14F2O2/c1-3-12(13,14)9-7-11-10(6-8(9)2)15-4-5-16-11/h6-7H,3-5H2,1-2H3. The smallest absolute Gasteiger partial charge is 0.273 e. The van der Waals surface area contributed by atoms with Crippen molar-refractivity contribution in [2.24, 2.45) is 0 Å². The molecule has 1 aliphatic rings. The van der Waals surface area contributed by atoms with Crippen LogP contribution in [0.4, 0.5) is 8.78 Å². The number of alkyl halides is 2. The van der Waals surface area contributed by atoms with Gasteiger partial charge in [0.2, 0.25) is 0 Å². The Morgan fingerprint density at radius 3 is 2.31 bits per heavy atom. The van der Waals surface area contributed by atoms with Gasteiger partial charge in [-0.1, -0.05) is 6.92 Å². The third-order valence-electron chi connectivity index (χ3n) is 2.73. The van der Waals surface area contributed by atoms with Crippen LogP contribution in [-0.2, 0) is 5.92 Å². The molecule has 0 fully saturated rings. The number of hydrogen-bond acceptors (Lipinski definition) is 2. The molecule has 2 nitrogen and oxygen atoms in total. The number of rotatable bonds is 2. The first-order chi connectivity index (χ1) is 7.54. The minimum atomic E-state index is -2.81. The highest BCUT2D eigenvalue weighted by molar-refractivity contribution is 5.49. The fourth-order valence-corrected chi connectivity index (χ4v) is 1.77. The Morgan fingerprint density at radius 1 is 1.19 bits per heavy atom. The van der Waals surface area contributed by atoms with Crippen LogP contribution in [-0.4, -0.2) is 13.2 Å². The second-order valence-corrected chi connectivity index (χ2v) is 3.87. The van der Waals surface area contributed by atoms with Gasteiger partial charge in [-0.3, -0.25) is 0 Å². The van der Waals surface area contributed by atoms with Crippen LogP contribution in [0.5, 0.6) is 11.5 Å². The number of halogens is 2. The molecule has 0 atom stereocenters.